The van der Waals surface area contributed by atoms with Crippen LogP contribution in [0, 0.1) is 5.92 Å². The second-order valence-electron chi connectivity index (χ2n) is 5.60. The van der Waals surface area contributed by atoms with Crippen LogP contribution >= 0.6 is 0 Å². The van der Waals surface area contributed by atoms with Gasteiger partial charge in [-0.3, -0.25) is 9.89 Å². The molecular formula is C15H22N4O. The molecule has 1 atom stereocenters. The monoisotopic (exact) mass is 274 g/mol. The van der Waals surface area contributed by atoms with Crippen molar-refractivity contribution in [2.24, 2.45) is 11.7 Å². The summed E-state index contributed by atoms with van der Waals surface area (Å²) in [7, 11) is 1.81. The van der Waals surface area contributed by atoms with Crippen LogP contribution in [-0.4, -0.2) is 40.6 Å². The highest BCUT2D eigenvalue weighted by atomic mass is 16.2. The van der Waals surface area contributed by atoms with Gasteiger partial charge in [0.15, 0.2) is 0 Å². The highest BCUT2D eigenvalue weighted by Crippen LogP contribution is 2.14. The molecule has 0 saturated heterocycles. The predicted octanol–water partition coefficient (Wildman–Crippen LogP) is 2.01. The highest BCUT2D eigenvalue weighted by molar-refractivity contribution is 5.97. The molecule has 0 aliphatic carbocycles. The molecule has 1 heterocycles. The van der Waals surface area contributed by atoms with E-state index in [0.717, 1.165) is 17.3 Å². The lowest BCUT2D eigenvalue weighted by atomic mass is 10.0. The molecule has 3 N–H and O–H groups in total. The van der Waals surface area contributed by atoms with E-state index in [-0.39, 0.29) is 11.9 Å². The Bertz CT molecular complexity index is 590. The van der Waals surface area contributed by atoms with E-state index in [2.05, 4.69) is 24.0 Å². The number of rotatable bonds is 5. The lowest BCUT2D eigenvalue weighted by Gasteiger charge is -2.21. The number of aromatic amines is 1. The van der Waals surface area contributed by atoms with Crippen LogP contribution in [0.15, 0.2) is 24.4 Å². The maximum atomic E-state index is 12.3. The van der Waals surface area contributed by atoms with E-state index in [1.165, 1.54) is 0 Å². The molecule has 5 heteroatoms. The van der Waals surface area contributed by atoms with Gasteiger partial charge in [0.1, 0.15) is 0 Å². The summed E-state index contributed by atoms with van der Waals surface area (Å²) in [5.41, 5.74) is 7.56. The predicted molar refractivity (Wildman–Crippen MR) is 80.5 cm³/mol. The van der Waals surface area contributed by atoms with Crippen molar-refractivity contribution in [3.05, 3.63) is 30.0 Å². The zero-order valence-corrected chi connectivity index (χ0v) is 12.3. The highest BCUT2D eigenvalue weighted by Gasteiger charge is 2.15. The molecule has 20 heavy (non-hydrogen) atoms. The molecule has 0 radical (unpaired) electrons. The Morgan fingerprint density at radius 2 is 2.20 bits per heavy atom. The summed E-state index contributed by atoms with van der Waals surface area (Å²) in [6.45, 7) is 4.86. The van der Waals surface area contributed by atoms with Gasteiger partial charge in [0.2, 0.25) is 0 Å². The molecule has 0 aliphatic heterocycles. The minimum Gasteiger partial charge on any atom is -0.342 e. The van der Waals surface area contributed by atoms with Crippen LogP contribution in [0.1, 0.15) is 30.6 Å². The number of carbonyl (C=O) groups excluding carboxylic acids is 1. The van der Waals surface area contributed by atoms with Gasteiger partial charge in [-0.25, -0.2) is 0 Å². The van der Waals surface area contributed by atoms with E-state index < -0.39 is 0 Å². The lowest BCUT2D eigenvalue weighted by molar-refractivity contribution is 0.0789. The summed E-state index contributed by atoms with van der Waals surface area (Å²) in [5, 5.41) is 7.84. The van der Waals surface area contributed by atoms with Gasteiger partial charge in [-0.15, -0.1) is 0 Å². The van der Waals surface area contributed by atoms with Crippen molar-refractivity contribution in [3.8, 4) is 0 Å². The number of fused-ring (bicyclic) bond motifs is 1. The van der Waals surface area contributed by atoms with E-state index in [4.69, 9.17) is 5.73 Å². The molecule has 0 fully saturated rings. The molecule has 0 saturated carbocycles. The van der Waals surface area contributed by atoms with Gasteiger partial charge in [-0.05, 0) is 24.5 Å². The zero-order chi connectivity index (χ0) is 14.7. The summed E-state index contributed by atoms with van der Waals surface area (Å²) in [4.78, 5) is 14.1. The maximum Gasteiger partial charge on any atom is 0.253 e. The molecule has 108 valence electrons. The number of H-pyrrole nitrogens is 1. The van der Waals surface area contributed by atoms with Gasteiger partial charge in [0.05, 0.1) is 11.7 Å². The molecule has 1 unspecified atom stereocenters. The average Bonchev–Trinajstić information content (AvgIpc) is 2.90. The Kier molecular flexibility index (Phi) is 4.39. The number of nitrogens with one attached hydrogen (secondary N) is 1. The van der Waals surface area contributed by atoms with Crippen molar-refractivity contribution in [3.63, 3.8) is 0 Å². The molecule has 1 amide bonds. The summed E-state index contributed by atoms with van der Waals surface area (Å²) in [6.07, 6.45) is 2.56. The number of hydrogen-bond acceptors (Lipinski definition) is 3. The number of hydrogen-bond donors (Lipinski definition) is 2. The van der Waals surface area contributed by atoms with E-state index in [1.807, 2.05) is 25.2 Å². The first-order valence-corrected chi connectivity index (χ1v) is 6.93. The van der Waals surface area contributed by atoms with Gasteiger partial charge in [0.25, 0.3) is 5.91 Å². The quantitative estimate of drug-likeness (QED) is 0.875. The fourth-order valence-electron chi connectivity index (χ4n) is 2.07. The summed E-state index contributed by atoms with van der Waals surface area (Å²) in [5.74, 6) is 0.442. The summed E-state index contributed by atoms with van der Waals surface area (Å²) in [6, 6.07) is 5.70. The number of benzene rings is 1. The summed E-state index contributed by atoms with van der Waals surface area (Å²) < 4.78 is 0. The van der Waals surface area contributed by atoms with Crippen molar-refractivity contribution in [2.75, 3.05) is 13.6 Å². The van der Waals surface area contributed by atoms with E-state index in [9.17, 15) is 4.79 Å². The van der Waals surface area contributed by atoms with Crippen molar-refractivity contribution in [2.45, 2.75) is 26.3 Å². The van der Waals surface area contributed by atoms with Crippen LogP contribution in [0.5, 0.6) is 0 Å². The third-order valence-electron chi connectivity index (χ3n) is 3.69. The topological polar surface area (TPSA) is 75.0 Å². The molecule has 1 aromatic carbocycles. The minimum absolute atomic E-state index is 0.0115. The molecule has 0 aliphatic rings. The Hall–Kier alpha value is -1.88. The second kappa shape index (κ2) is 6.05. The standard InChI is InChI=1S/C15H22N4O/c1-10(2)13(16)6-7-19(3)15(20)11-4-5-12-9-17-18-14(12)8-11/h4-5,8-10,13H,6-7,16H2,1-3H3,(H,17,18). The molecule has 0 spiro atoms. The molecule has 5 nitrogen and oxygen atoms in total. The Morgan fingerprint density at radius 3 is 2.90 bits per heavy atom. The fraction of sp³-hybridized carbons (Fsp3) is 0.467. The number of nitrogens with zero attached hydrogens (tertiary/aromatic N) is 2. The second-order valence-corrected chi connectivity index (χ2v) is 5.60. The van der Waals surface area contributed by atoms with E-state index >= 15 is 0 Å². The minimum atomic E-state index is 0.0115. The van der Waals surface area contributed by atoms with E-state index in [1.54, 1.807) is 11.1 Å². The van der Waals surface area contributed by atoms with E-state index in [0.29, 0.717) is 18.0 Å². The molecule has 1 aromatic heterocycles. The van der Waals surface area contributed by atoms with Crippen molar-refractivity contribution >= 4 is 16.8 Å². The fourth-order valence-corrected chi connectivity index (χ4v) is 2.07. The van der Waals surface area contributed by atoms with Crippen LogP contribution < -0.4 is 5.73 Å². The van der Waals surface area contributed by atoms with Gasteiger partial charge >= 0.3 is 0 Å². The smallest absolute Gasteiger partial charge is 0.253 e. The first kappa shape index (κ1) is 14.5. The molecule has 2 aromatic rings. The number of aromatic nitrogens is 2. The molecule has 2 rings (SSSR count). The van der Waals surface area contributed by atoms with Crippen LogP contribution in [0.3, 0.4) is 0 Å². The Balaban J connectivity index is 2.02. The number of amides is 1. The molecular weight excluding hydrogens is 252 g/mol. The Labute approximate surface area is 119 Å². The molecule has 0 bridgehead atoms. The van der Waals surface area contributed by atoms with Crippen LogP contribution in [-0.2, 0) is 0 Å². The normalized spacial score (nSPS) is 12.8. The van der Waals surface area contributed by atoms with Crippen LogP contribution in [0.4, 0.5) is 0 Å². The zero-order valence-electron chi connectivity index (χ0n) is 12.3. The van der Waals surface area contributed by atoms with Gasteiger partial charge in [-0.1, -0.05) is 19.9 Å². The lowest BCUT2D eigenvalue weighted by Crippen LogP contribution is -2.34. The third kappa shape index (κ3) is 3.17. The SMILES string of the molecule is CC(C)C(N)CCN(C)C(=O)c1ccc2cn[nH]c2c1. The van der Waals surface area contributed by atoms with Gasteiger partial charge < -0.3 is 10.6 Å². The maximum absolute atomic E-state index is 12.3. The van der Waals surface area contributed by atoms with Crippen molar-refractivity contribution < 1.29 is 4.79 Å². The van der Waals surface area contributed by atoms with Crippen LogP contribution in [0.25, 0.3) is 10.9 Å². The first-order chi connectivity index (χ1) is 9.49. The van der Waals surface area contributed by atoms with Gasteiger partial charge in [-0.2, -0.15) is 5.10 Å². The Morgan fingerprint density at radius 1 is 1.45 bits per heavy atom. The van der Waals surface area contributed by atoms with Crippen molar-refractivity contribution in [1.29, 1.82) is 0 Å². The van der Waals surface area contributed by atoms with Crippen molar-refractivity contribution in [1.82, 2.24) is 15.1 Å². The number of carbonyl (C=O) groups is 1. The number of nitrogens with two attached hydrogens (primary N) is 1. The first-order valence-electron chi connectivity index (χ1n) is 6.93. The van der Waals surface area contributed by atoms with Crippen LogP contribution in [0.2, 0.25) is 0 Å². The van der Waals surface area contributed by atoms with Gasteiger partial charge in [0, 0.05) is 30.6 Å². The third-order valence-corrected chi connectivity index (χ3v) is 3.69. The average molecular weight is 274 g/mol. The summed E-state index contributed by atoms with van der Waals surface area (Å²) >= 11 is 0. The largest absolute Gasteiger partial charge is 0.342 e.